The third-order valence-electron chi connectivity index (χ3n) is 1.62. The summed E-state index contributed by atoms with van der Waals surface area (Å²) in [7, 11) is 1.84. The molecule has 1 aromatic heterocycles. The SMILES string of the molecule is CN(CCC(=O)O)Cc1ccno1. The lowest BCUT2D eigenvalue weighted by atomic mass is 10.3. The first-order valence-corrected chi connectivity index (χ1v) is 3.98. The number of hydrogen-bond acceptors (Lipinski definition) is 4. The Bertz CT molecular complexity index is 258. The van der Waals surface area contributed by atoms with Gasteiger partial charge >= 0.3 is 5.97 Å². The standard InChI is InChI=1S/C8H12N2O3/c1-10(5-3-8(11)12)6-7-2-4-9-13-7/h2,4H,3,5-6H2,1H3,(H,11,12). The average molecular weight is 184 g/mol. The van der Waals surface area contributed by atoms with Crippen LogP contribution in [0.15, 0.2) is 16.8 Å². The van der Waals surface area contributed by atoms with E-state index in [1.807, 2.05) is 11.9 Å². The van der Waals surface area contributed by atoms with E-state index >= 15 is 0 Å². The van der Waals surface area contributed by atoms with Gasteiger partial charge < -0.3 is 9.63 Å². The van der Waals surface area contributed by atoms with E-state index in [0.29, 0.717) is 13.1 Å². The Morgan fingerprint density at radius 2 is 2.54 bits per heavy atom. The van der Waals surface area contributed by atoms with Gasteiger partial charge in [0.1, 0.15) is 0 Å². The predicted molar refractivity (Wildman–Crippen MR) is 45.1 cm³/mol. The molecule has 1 heterocycles. The van der Waals surface area contributed by atoms with Crippen molar-refractivity contribution in [2.75, 3.05) is 13.6 Å². The van der Waals surface area contributed by atoms with Gasteiger partial charge in [0.2, 0.25) is 0 Å². The summed E-state index contributed by atoms with van der Waals surface area (Å²) >= 11 is 0. The van der Waals surface area contributed by atoms with Crippen LogP contribution in [0, 0.1) is 0 Å². The van der Waals surface area contributed by atoms with Gasteiger partial charge in [0.25, 0.3) is 0 Å². The van der Waals surface area contributed by atoms with Crippen LogP contribution in [0.1, 0.15) is 12.2 Å². The Morgan fingerprint density at radius 1 is 1.77 bits per heavy atom. The summed E-state index contributed by atoms with van der Waals surface area (Å²) < 4.78 is 4.87. The van der Waals surface area contributed by atoms with Crippen molar-refractivity contribution < 1.29 is 14.4 Å². The van der Waals surface area contributed by atoms with Gasteiger partial charge in [-0.2, -0.15) is 0 Å². The molecule has 0 aliphatic heterocycles. The highest BCUT2D eigenvalue weighted by Gasteiger charge is 2.05. The number of nitrogens with zero attached hydrogens (tertiary/aromatic N) is 2. The molecule has 1 rings (SSSR count). The molecule has 0 spiro atoms. The highest BCUT2D eigenvalue weighted by Crippen LogP contribution is 2.01. The van der Waals surface area contributed by atoms with E-state index in [4.69, 9.17) is 9.63 Å². The van der Waals surface area contributed by atoms with Crippen LogP contribution in [-0.4, -0.2) is 34.7 Å². The van der Waals surface area contributed by atoms with Gasteiger partial charge in [0.15, 0.2) is 5.76 Å². The van der Waals surface area contributed by atoms with Crippen molar-refractivity contribution in [1.29, 1.82) is 0 Å². The fraction of sp³-hybridized carbons (Fsp3) is 0.500. The average Bonchev–Trinajstić information content (AvgIpc) is 2.53. The van der Waals surface area contributed by atoms with Crippen molar-refractivity contribution in [2.24, 2.45) is 0 Å². The Balaban J connectivity index is 2.25. The van der Waals surface area contributed by atoms with Crippen LogP contribution in [0.4, 0.5) is 0 Å². The molecule has 0 amide bonds. The molecule has 1 aromatic rings. The minimum atomic E-state index is -0.788. The van der Waals surface area contributed by atoms with E-state index < -0.39 is 5.97 Å². The summed E-state index contributed by atoms with van der Waals surface area (Å²) in [6, 6.07) is 1.76. The highest BCUT2D eigenvalue weighted by molar-refractivity contribution is 5.66. The molecule has 5 heteroatoms. The fourth-order valence-corrected chi connectivity index (χ4v) is 0.955. The summed E-state index contributed by atoms with van der Waals surface area (Å²) in [6.45, 7) is 1.10. The van der Waals surface area contributed by atoms with Crippen molar-refractivity contribution >= 4 is 5.97 Å². The van der Waals surface area contributed by atoms with Gasteiger partial charge in [0, 0.05) is 12.6 Å². The van der Waals surface area contributed by atoms with Crippen LogP contribution in [0.5, 0.6) is 0 Å². The lowest BCUT2D eigenvalue weighted by molar-refractivity contribution is -0.137. The summed E-state index contributed by atoms with van der Waals surface area (Å²) in [5.41, 5.74) is 0. The van der Waals surface area contributed by atoms with E-state index in [2.05, 4.69) is 5.16 Å². The van der Waals surface area contributed by atoms with Crippen molar-refractivity contribution in [1.82, 2.24) is 10.1 Å². The summed E-state index contributed by atoms with van der Waals surface area (Å²) in [4.78, 5) is 12.1. The fourth-order valence-electron chi connectivity index (χ4n) is 0.955. The zero-order valence-corrected chi connectivity index (χ0v) is 7.43. The molecule has 0 atom stereocenters. The van der Waals surface area contributed by atoms with Gasteiger partial charge in [-0.15, -0.1) is 0 Å². The van der Waals surface area contributed by atoms with Crippen molar-refractivity contribution in [3.63, 3.8) is 0 Å². The molecule has 0 saturated heterocycles. The number of carbonyl (C=O) groups is 1. The summed E-state index contributed by atoms with van der Waals surface area (Å²) in [5, 5.41) is 12.0. The predicted octanol–water partition coefficient (Wildman–Crippen LogP) is 0.581. The minimum absolute atomic E-state index is 0.143. The van der Waals surface area contributed by atoms with Gasteiger partial charge in [0.05, 0.1) is 19.2 Å². The molecule has 5 nitrogen and oxygen atoms in total. The molecule has 0 aliphatic carbocycles. The van der Waals surface area contributed by atoms with Gasteiger partial charge in [-0.05, 0) is 7.05 Å². The van der Waals surface area contributed by atoms with Gasteiger partial charge in [-0.25, -0.2) is 0 Å². The number of hydrogen-bond donors (Lipinski definition) is 1. The molecular weight excluding hydrogens is 172 g/mol. The Morgan fingerprint density at radius 3 is 3.08 bits per heavy atom. The monoisotopic (exact) mass is 184 g/mol. The molecule has 0 bridgehead atoms. The Hall–Kier alpha value is -1.36. The third kappa shape index (κ3) is 3.71. The molecule has 72 valence electrons. The molecule has 0 aromatic carbocycles. The van der Waals surface area contributed by atoms with Crippen LogP contribution in [0.25, 0.3) is 0 Å². The Kier molecular flexibility index (Phi) is 3.45. The quantitative estimate of drug-likeness (QED) is 0.725. The number of carboxylic acids is 1. The van der Waals surface area contributed by atoms with Gasteiger partial charge in [-0.1, -0.05) is 5.16 Å². The van der Waals surface area contributed by atoms with Crippen LogP contribution in [-0.2, 0) is 11.3 Å². The van der Waals surface area contributed by atoms with Crippen LogP contribution in [0.3, 0.4) is 0 Å². The van der Waals surface area contributed by atoms with E-state index in [1.54, 1.807) is 12.3 Å². The molecular formula is C8H12N2O3. The number of carboxylic acid groups (broad SMARTS) is 1. The van der Waals surface area contributed by atoms with Crippen LogP contribution >= 0.6 is 0 Å². The lowest BCUT2D eigenvalue weighted by Gasteiger charge is -2.12. The zero-order valence-electron chi connectivity index (χ0n) is 7.43. The molecule has 0 fully saturated rings. The second-order valence-corrected chi connectivity index (χ2v) is 2.86. The molecule has 0 radical (unpaired) electrons. The van der Waals surface area contributed by atoms with E-state index in [9.17, 15) is 4.79 Å². The van der Waals surface area contributed by atoms with E-state index in [0.717, 1.165) is 5.76 Å². The zero-order chi connectivity index (χ0) is 9.68. The first-order chi connectivity index (χ1) is 6.18. The minimum Gasteiger partial charge on any atom is -0.481 e. The first-order valence-electron chi connectivity index (χ1n) is 3.98. The second-order valence-electron chi connectivity index (χ2n) is 2.86. The second kappa shape index (κ2) is 4.61. The molecule has 13 heavy (non-hydrogen) atoms. The molecule has 1 N–H and O–H groups in total. The topological polar surface area (TPSA) is 66.6 Å². The van der Waals surface area contributed by atoms with Crippen molar-refractivity contribution in [3.05, 3.63) is 18.0 Å². The molecule has 0 unspecified atom stereocenters. The maximum atomic E-state index is 10.2. The lowest BCUT2D eigenvalue weighted by Crippen LogP contribution is -2.20. The van der Waals surface area contributed by atoms with E-state index in [1.165, 1.54) is 0 Å². The van der Waals surface area contributed by atoms with Crippen LogP contribution in [0.2, 0.25) is 0 Å². The van der Waals surface area contributed by atoms with Crippen LogP contribution < -0.4 is 0 Å². The number of aliphatic carboxylic acids is 1. The Labute approximate surface area is 75.9 Å². The normalized spacial score (nSPS) is 10.6. The first kappa shape index (κ1) is 9.73. The number of rotatable bonds is 5. The van der Waals surface area contributed by atoms with Gasteiger partial charge in [-0.3, -0.25) is 9.69 Å². The number of aromatic nitrogens is 1. The smallest absolute Gasteiger partial charge is 0.304 e. The summed E-state index contributed by atoms with van der Waals surface area (Å²) in [6.07, 6.45) is 1.71. The molecule has 0 aliphatic rings. The largest absolute Gasteiger partial charge is 0.481 e. The maximum absolute atomic E-state index is 10.2. The molecule has 0 saturated carbocycles. The van der Waals surface area contributed by atoms with Crippen molar-refractivity contribution in [2.45, 2.75) is 13.0 Å². The summed E-state index contributed by atoms with van der Waals surface area (Å²) in [5.74, 6) is -0.0442. The van der Waals surface area contributed by atoms with E-state index in [-0.39, 0.29) is 6.42 Å². The highest BCUT2D eigenvalue weighted by atomic mass is 16.5. The maximum Gasteiger partial charge on any atom is 0.304 e. The van der Waals surface area contributed by atoms with Crippen molar-refractivity contribution in [3.8, 4) is 0 Å². The third-order valence-corrected chi connectivity index (χ3v) is 1.62.